The van der Waals surface area contributed by atoms with Crippen LogP contribution in [0.2, 0.25) is 0 Å². The van der Waals surface area contributed by atoms with Crippen molar-refractivity contribution >= 4 is 21.6 Å². The minimum atomic E-state index is -4.47. The summed E-state index contributed by atoms with van der Waals surface area (Å²) in [4.78, 5) is 4.26. The minimum Gasteiger partial charge on any atom is -0.290 e. The first-order valence-corrected chi connectivity index (χ1v) is 6.95. The predicted octanol–water partition coefficient (Wildman–Crippen LogP) is 4.65. The van der Waals surface area contributed by atoms with E-state index in [9.17, 15) is 18.4 Å². The average molecular weight is 366 g/mol. The van der Waals surface area contributed by atoms with Crippen molar-refractivity contribution in [2.45, 2.75) is 6.18 Å². The van der Waals surface area contributed by atoms with Gasteiger partial charge in [-0.05, 0) is 24.3 Å². The first kappa shape index (κ1) is 14.6. The number of alkyl halides is 3. The van der Waals surface area contributed by atoms with E-state index in [1.165, 1.54) is 10.5 Å². The maximum atomic E-state index is 12.8. The number of aromatic nitrogens is 2. The van der Waals surface area contributed by atoms with E-state index >= 15 is 0 Å². The molecule has 3 aromatic rings. The molecule has 0 fully saturated rings. The molecule has 0 aliphatic carbocycles. The van der Waals surface area contributed by atoms with Gasteiger partial charge in [-0.25, -0.2) is 4.98 Å². The fourth-order valence-electron chi connectivity index (χ4n) is 2.13. The lowest BCUT2D eigenvalue weighted by molar-refractivity contribution is -0.137. The first-order chi connectivity index (χ1) is 10.4. The SMILES string of the molecule is N#Cc1c(-c2ccc(Br)cc2)nc2ccc(C(F)(F)F)cn12. The average Bonchev–Trinajstić information content (AvgIpc) is 2.84. The number of hydrogen-bond acceptors (Lipinski definition) is 2. The molecule has 2 aromatic heterocycles. The predicted molar refractivity (Wildman–Crippen MR) is 78.0 cm³/mol. The smallest absolute Gasteiger partial charge is 0.290 e. The van der Waals surface area contributed by atoms with Crippen LogP contribution in [0.5, 0.6) is 0 Å². The molecule has 0 radical (unpaired) electrons. The van der Waals surface area contributed by atoms with Gasteiger partial charge in [-0.15, -0.1) is 0 Å². The Kier molecular flexibility index (Phi) is 3.41. The lowest BCUT2D eigenvalue weighted by atomic mass is 10.1. The topological polar surface area (TPSA) is 41.1 Å². The first-order valence-electron chi connectivity index (χ1n) is 6.15. The molecule has 0 unspecified atom stereocenters. The summed E-state index contributed by atoms with van der Waals surface area (Å²) in [5, 5.41) is 9.31. The zero-order chi connectivity index (χ0) is 15.9. The Morgan fingerprint density at radius 1 is 1.09 bits per heavy atom. The molecular weight excluding hydrogens is 359 g/mol. The third kappa shape index (κ3) is 2.46. The molecule has 1 aromatic carbocycles. The van der Waals surface area contributed by atoms with E-state index in [1.807, 2.05) is 6.07 Å². The molecule has 3 nitrogen and oxygen atoms in total. The van der Waals surface area contributed by atoms with Gasteiger partial charge in [0.1, 0.15) is 17.4 Å². The molecule has 22 heavy (non-hydrogen) atoms. The van der Waals surface area contributed by atoms with Gasteiger partial charge in [0, 0.05) is 16.2 Å². The van der Waals surface area contributed by atoms with Gasteiger partial charge in [-0.3, -0.25) is 4.40 Å². The van der Waals surface area contributed by atoms with Gasteiger partial charge in [-0.1, -0.05) is 28.1 Å². The quantitative estimate of drug-likeness (QED) is 0.629. The summed E-state index contributed by atoms with van der Waals surface area (Å²) in [6, 6.07) is 11.2. The second kappa shape index (κ2) is 5.14. The Labute approximate surface area is 131 Å². The zero-order valence-electron chi connectivity index (χ0n) is 10.9. The molecule has 0 aliphatic heterocycles. The van der Waals surface area contributed by atoms with E-state index < -0.39 is 11.7 Å². The molecule has 0 spiro atoms. The maximum Gasteiger partial charge on any atom is 0.417 e. The summed E-state index contributed by atoms with van der Waals surface area (Å²) in [7, 11) is 0. The molecular formula is C15H7BrF3N3. The highest BCUT2D eigenvalue weighted by atomic mass is 79.9. The number of rotatable bonds is 1. The summed E-state index contributed by atoms with van der Waals surface area (Å²) in [6.07, 6.45) is -3.58. The minimum absolute atomic E-state index is 0.0726. The van der Waals surface area contributed by atoms with Crippen LogP contribution in [0.4, 0.5) is 13.2 Å². The summed E-state index contributed by atoms with van der Waals surface area (Å²) in [5.41, 5.74) is 0.563. The number of fused-ring (bicyclic) bond motifs is 1. The van der Waals surface area contributed by atoms with Crippen molar-refractivity contribution in [2.75, 3.05) is 0 Å². The molecule has 2 heterocycles. The molecule has 0 atom stereocenters. The number of nitriles is 1. The Balaban J connectivity index is 2.25. The molecule has 0 aliphatic rings. The van der Waals surface area contributed by atoms with Crippen LogP contribution in [0.15, 0.2) is 47.1 Å². The van der Waals surface area contributed by atoms with Crippen LogP contribution in [-0.2, 0) is 6.18 Å². The fraction of sp³-hybridized carbons (Fsp3) is 0.0667. The van der Waals surface area contributed by atoms with Crippen molar-refractivity contribution in [3.63, 3.8) is 0 Å². The van der Waals surface area contributed by atoms with Gasteiger partial charge in [0.25, 0.3) is 0 Å². The maximum absolute atomic E-state index is 12.8. The molecule has 7 heteroatoms. The lowest BCUT2D eigenvalue weighted by Gasteiger charge is -2.06. The van der Waals surface area contributed by atoms with Crippen molar-refractivity contribution in [2.24, 2.45) is 0 Å². The fourth-order valence-corrected chi connectivity index (χ4v) is 2.39. The molecule has 0 amide bonds. The molecule has 0 saturated heterocycles. The Hall–Kier alpha value is -2.33. The van der Waals surface area contributed by atoms with Crippen molar-refractivity contribution < 1.29 is 13.2 Å². The molecule has 110 valence electrons. The van der Waals surface area contributed by atoms with Crippen molar-refractivity contribution in [1.29, 1.82) is 5.26 Å². The highest BCUT2D eigenvalue weighted by Gasteiger charge is 2.31. The summed E-state index contributed by atoms with van der Waals surface area (Å²) in [6.45, 7) is 0. The van der Waals surface area contributed by atoms with Crippen LogP contribution in [0.1, 0.15) is 11.3 Å². The van der Waals surface area contributed by atoms with E-state index in [0.717, 1.165) is 16.7 Å². The molecule has 3 rings (SSSR count). The van der Waals surface area contributed by atoms with Crippen LogP contribution in [0, 0.1) is 11.3 Å². The van der Waals surface area contributed by atoms with E-state index in [2.05, 4.69) is 20.9 Å². The normalized spacial score (nSPS) is 11.6. The number of pyridine rings is 1. The second-order valence-electron chi connectivity index (χ2n) is 4.57. The standard InChI is InChI=1S/C15H7BrF3N3/c16-11-4-1-9(2-5-11)14-12(7-20)22-8-10(15(17,18)19)3-6-13(22)21-14/h1-6,8H. The number of hydrogen-bond donors (Lipinski definition) is 0. The summed E-state index contributed by atoms with van der Waals surface area (Å²) in [5.74, 6) is 0. The van der Waals surface area contributed by atoms with Gasteiger partial charge in [0.2, 0.25) is 0 Å². The van der Waals surface area contributed by atoms with E-state index in [-0.39, 0.29) is 5.69 Å². The van der Waals surface area contributed by atoms with Crippen LogP contribution in [0.3, 0.4) is 0 Å². The Morgan fingerprint density at radius 2 is 1.77 bits per heavy atom. The van der Waals surface area contributed by atoms with Gasteiger partial charge in [0.05, 0.1) is 5.56 Å². The highest BCUT2D eigenvalue weighted by Crippen LogP contribution is 2.31. The van der Waals surface area contributed by atoms with Gasteiger partial charge < -0.3 is 0 Å². The molecule has 0 N–H and O–H groups in total. The van der Waals surface area contributed by atoms with Crippen LogP contribution >= 0.6 is 15.9 Å². The van der Waals surface area contributed by atoms with Crippen molar-refractivity contribution in [3.05, 3.63) is 58.3 Å². The molecule has 0 bridgehead atoms. The summed E-state index contributed by atoms with van der Waals surface area (Å²) >= 11 is 3.30. The highest BCUT2D eigenvalue weighted by molar-refractivity contribution is 9.10. The number of halogens is 4. The third-order valence-electron chi connectivity index (χ3n) is 3.17. The third-order valence-corrected chi connectivity index (χ3v) is 3.70. The summed E-state index contributed by atoms with van der Waals surface area (Å²) < 4.78 is 40.4. The van der Waals surface area contributed by atoms with Gasteiger partial charge in [0.15, 0.2) is 5.69 Å². The number of benzene rings is 1. The lowest BCUT2D eigenvalue weighted by Crippen LogP contribution is -2.06. The Morgan fingerprint density at radius 3 is 2.36 bits per heavy atom. The van der Waals surface area contributed by atoms with Crippen molar-refractivity contribution in [1.82, 2.24) is 9.38 Å². The van der Waals surface area contributed by atoms with Crippen LogP contribution in [0.25, 0.3) is 16.9 Å². The number of imidazole rings is 1. The van der Waals surface area contributed by atoms with E-state index in [4.69, 9.17) is 0 Å². The van der Waals surface area contributed by atoms with E-state index in [1.54, 1.807) is 24.3 Å². The number of nitrogens with zero attached hydrogens (tertiary/aromatic N) is 3. The largest absolute Gasteiger partial charge is 0.417 e. The van der Waals surface area contributed by atoms with Crippen molar-refractivity contribution in [3.8, 4) is 17.3 Å². The molecule has 0 saturated carbocycles. The van der Waals surface area contributed by atoms with Gasteiger partial charge >= 0.3 is 6.18 Å². The second-order valence-corrected chi connectivity index (χ2v) is 5.49. The van der Waals surface area contributed by atoms with Gasteiger partial charge in [-0.2, -0.15) is 18.4 Å². The van der Waals surface area contributed by atoms with Crippen LogP contribution in [-0.4, -0.2) is 9.38 Å². The van der Waals surface area contributed by atoms with Crippen LogP contribution < -0.4 is 0 Å². The van der Waals surface area contributed by atoms with E-state index in [0.29, 0.717) is 16.9 Å². The Bertz CT molecular complexity index is 889. The zero-order valence-corrected chi connectivity index (χ0v) is 12.5. The monoisotopic (exact) mass is 365 g/mol.